The molecule has 4 heteroatoms. The van der Waals surface area contributed by atoms with E-state index < -0.39 is 5.97 Å². The lowest BCUT2D eigenvalue weighted by molar-refractivity contribution is -0.131. The maximum Gasteiger partial charge on any atom is 0.328 e. The molecule has 0 fully saturated rings. The van der Waals surface area contributed by atoms with E-state index >= 15 is 0 Å². The summed E-state index contributed by atoms with van der Waals surface area (Å²) in [6, 6.07) is 15.1. The van der Waals surface area contributed by atoms with Gasteiger partial charge in [-0.25, -0.2) is 4.79 Å². The maximum atomic E-state index is 10.4. The summed E-state index contributed by atoms with van der Waals surface area (Å²) in [4.78, 5) is 10.4. The Morgan fingerprint density at radius 3 is 1.95 bits per heavy atom. The average Bonchev–Trinajstić information content (AvgIpc) is 2.52. The number of aliphatic carboxylic acids is 1. The molecule has 0 heterocycles. The number of aryl methyl sites for hydroxylation is 1. The molecule has 0 aliphatic rings. The molecule has 0 aromatic heterocycles. The minimum atomic E-state index is -0.964. The summed E-state index contributed by atoms with van der Waals surface area (Å²) in [6.07, 6.45) is 2.64. The van der Waals surface area contributed by atoms with Crippen molar-refractivity contribution < 1.29 is 19.4 Å². The van der Waals surface area contributed by atoms with Crippen molar-refractivity contribution in [2.75, 3.05) is 13.2 Å². The number of hydrogen-bond acceptors (Lipinski definition) is 3. The Balaban J connectivity index is 1.75. The van der Waals surface area contributed by atoms with E-state index in [-0.39, 0.29) is 0 Å². The number of benzene rings is 2. The molecule has 0 bridgehead atoms. The van der Waals surface area contributed by atoms with Gasteiger partial charge < -0.3 is 14.6 Å². The minimum absolute atomic E-state index is 0.443. The van der Waals surface area contributed by atoms with Crippen LogP contribution in [0.1, 0.15) is 11.1 Å². The number of carboxylic acid groups (broad SMARTS) is 1. The van der Waals surface area contributed by atoms with E-state index in [0.29, 0.717) is 13.2 Å². The fourth-order valence-corrected chi connectivity index (χ4v) is 1.80. The van der Waals surface area contributed by atoms with E-state index in [1.54, 1.807) is 24.3 Å². The molecule has 0 saturated heterocycles. The highest BCUT2D eigenvalue weighted by Crippen LogP contribution is 2.14. The maximum absolute atomic E-state index is 10.4. The standard InChI is InChI=1S/C18H18O4/c1-14-2-7-16(8-3-14)21-12-13-22-17-9-4-15(5-10-17)6-11-18(19)20/h2-11H,12-13H2,1H3,(H,19,20). The van der Waals surface area contributed by atoms with Crippen LogP contribution in [0.5, 0.6) is 11.5 Å². The molecule has 2 rings (SSSR count). The zero-order chi connectivity index (χ0) is 15.8. The van der Waals surface area contributed by atoms with Crippen molar-refractivity contribution in [1.29, 1.82) is 0 Å². The zero-order valence-electron chi connectivity index (χ0n) is 12.4. The van der Waals surface area contributed by atoms with Crippen LogP contribution in [-0.2, 0) is 4.79 Å². The molecule has 0 saturated carbocycles. The van der Waals surface area contributed by atoms with Gasteiger partial charge in [0, 0.05) is 6.08 Å². The molecule has 0 aliphatic carbocycles. The molecule has 0 spiro atoms. The van der Waals surface area contributed by atoms with Gasteiger partial charge in [-0.3, -0.25) is 0 Å². The van der Waals surface area contributed by atoms with Crippen molar-refractivity contribution in [2.24, 2.45) is 0 Å². The number of carbonyl (C=O) groups is 1. The van der Waals surface area contributed by atoms with E-state index in [1.165, 1.54) is 11.6 Å². The largest absolute Gasteiger partial charge is 0.490 e. The van der Waals surface area contributed by atoms with E-state index in [0.717, 1.165) is 23.1 Å². The summed E-state index contributed by atoms with van der Waals surface area (Å²) in [5.41, 5.74) is 2.01. The van der Waals surface area contributed by atoms with Crippen LogP contribution in [-0.4, -0.2) is 24.3 Å². The Morgan fingerprint density at radius 2 is 1.45 bits per heavy atom. The average molecular weight is 298 g/mol. The highest BCUT2D eigenvalue weighted by molar-refractivity contribution is 5.85. The van der Waals surface area contributed by atoms with Crippen LogP contribution >= 0.6 is 0 Å². The lowest BCUT2D eigenvalue weighted by Crippen LogP contribution is -2.08. The predicted octanol–water partition coefficient (Wildman–Crippen LogP) is 3.55. The third kappa shape index (κ3) is 5.32. The van der Waals surface area contributed by atoms with E-state index in [4.69, 9.17) is 14.6 Å². The molecule has 2 aromatic rings. The van der Waals surface area contributed by atoms with Crippen molar-refractivity contribution in [3.63, 3.8) is 0 Å². The van der Waals surface area contributed by atoms with Gasteiger partial charge in [0.15, 0.2) is 0 Å². The highest BCUT2D eigenvalue weighted by atomic mass is 16.5. The van der Waals surface area contributed by atoms with Gasteiger partial charge in [0.1, 0.15) is 24.7 Å². The summed E-state index contributed by atoms with van der Waals surface area (Å²) >= 11 is 0. The number of rotatable bonds is 7. The van der Waals surface area contributed by atoms with E-state index in [9.17, 15) is 4.79 Å². The Morgan fingerprint density at radius 1 is 0.955 bits per heavy atom. The van der Waals surface area contributed by atoms with Gasteiger partial charge in [0.05, 0.1) is 0 Å². The molecule has 0 radical (unpaired) electrons. The van der Waals surface area contributed by atoms with Crippen molar-refractivity contribution in [1.82, 2.24) is 0 Å². The van der Waals surface area contributed by atoms with Crippen LogP contribution in [0.2, 0.25) is 0 Å². The van der Waals surface area contributed by atoms with Gasteiger partial charge >= 0.3 is 5.97 Å². The van der Waals surface area contributed by atoms with Crippen LogP contribution in [0, 0.1) is 6.92 Å². The quantitative estimate of drug-likeness (QED) is 0.627. The van der Waals surface area contributed by atoms with Gasteiger partial charge in [0.25, 0.3) is 0 Å². The first-order valence-corrected chi connectivity index (χ1v) is 6.97. The van der Waals surface area contributed by atoms with Crippen molar-refractivity contribution in [3.8, 4) is 11.5 Å². The highest BCUT2D eigenvalue weighted by Gasteiger charge is 1.96. The van der Waals surface area contributed by atoms with Crippen LogP contribution in [0.3, 0.4) is 0 Å². The molecular formula is C18H18O4. The SMILES string of the molecule is Cc1ccc(OCCOc2ccc(C=CC(=O)O)cc2)cc1. The number of carboxylic acids is 1. The second-order valence-corrected chi connectivity index (χ2v) is 4.75. The zero-order valence-corrected chi connectivity index (χ0v) is 12.4. The van der Waals surface area contributed by atoms with Crippen LogP contribution in [0.15, 0.2) is 54.6 Å². The lowest BCUT2D eigenvalue weighted by Gasteiger charge is -2.08. The second-order valence-electron chi connectivity index (χ2n) is 4.75. The van der Waals surface area contributed by atoms with Gasteiger partial charge in [-0.15, -0.1) is 0 Å². The Kier molecular flexibility index (Phi) is 5.60. The monoisotopic (exact) mass is 298 g/mol. The Labute approximate surface area is 129 Å². The molecule has 0 unspecified atom stereocenters. The van der Waals surface area contributed by atoms with Crippen molar-refractivity contribution >= 4 is 12.0 Å². The molecule has 0 amide bonds. The fourth-order valence-electron chi connectivity index (χ4n) is 1.80. The first-order valence-electron chi connectivity index (χ1n) is 6.97. The van der Waals surface area contributed by atoms with Gasteiger partial charge in [-0.1, -0.05) is 29.8 Å². The molecule has 4 nitrogen and oxygen atoms in total. The molecule has 0 aliphatic heterocycles. The van der Waals surface area contributed by atoms with Crippen LogP contribution in [0.25, 0.3) is 6.08 Å². The first kappa shape index (κ1) is 15.6. The fraction of sp³-hybridized carbons (Fsp3) is 0.167. The van der Waals surface area contributed by atoms with E-state index in [2.05, 4.69) is 0 Å². The molecule has 1 N–H and O–H groups in total. The van der Waals surface area contributed by atoms with E-state index in [1.807, 2.05) is 31.2 Å². The topological polar surface area (TPSA) is 55.8 Å². The second kappa shape index (κ2) is 7.88. The van der Waals surface area contributed by atoms with Gasteiger partial charge in [0.2, 0.25) is 0 Å². The predicted molar refractivity (Wildman–Crippen MR) is 85.3 cm³/mol. The van der Waals surface area contributed by atoms with Crippen LogP contribution < -0.4 is 9.47 Å². The third-order valence-electron chi connectivity index (χ3n) is 2.94. The van der Waals surface area contributed by atoms with Gasteiger partial charge in [-0.05, 0) is 42.8 Å². The molecular weight excluding hydrogens is 280 g/mol. The molecule has 0 atom stereocenters. The summed E-state index contributed by atoms with van der Waals surface area (Å²) < 4.78 is 11.1. The van der Waals surface area contributed by atoms with Crippen molar-refractivity contribution in [2.45, 2.75) is 6.92 Å². The first-order chi connectivity index (χ1) is 10.6. The normalized spacial score (nSPS) is 10.6. The Hall–Kier alpha value is -2.75. The number of hydrogen-bond donors (Lipinski definition) is 1. The number of ether oxygens (including phenoxy) is 2. The summed E-state index contributed by atoms with van der Waals surface area (Å²) in [5, 5.41) is 8.56. The molecule has 114 valence electrons. The van der Waals surface area contributed by atoms with Gasteiger partial charge in [-0.2, -0.15) is 0 Å². The smallest absolute Gasteiger partial charge is 0.328 e. The minimum Gasteiger partial charge on any atom is -0.490 e. The third-order valence-corrected chi connectivity index (χ3v) is 2.94. The van der Waals surface area contributed by atoms with Crippen molar-refractivity contribution in [3.05, 3.63) is 65.7 Å². The molecule has 2 aromatic carbocycles. The summed E-state index contributed by atoms with van der Waals surface area (Å²) in [5.74, 6) is 0.580. The Bertz CT molecular complexity index is 627. The van der Waals surface area contributed by atoms with Crippen LogP contribution in [0.4, 0.5) is 0 Å². The summed E-state index contributed by atoms with van der Waals surface area (Å²) in [6.45, 7) is 2.93. The summed E-state index contributed by atoms with van der Waals surface area (Å²) in [7, 11) is 0. The lowest BCUT2D eigenvalue weighted by atomic mass is 10.2. The molecule has 22 heavy (non-hydrogen) atoms.